The number of anilines is 2. The van der Waals surface area contributed by atoms with Gasteiger partial charge in [-0.25, -0.2) is 15.0 Å². The Morgan fingerprint density at radius 1 is 1.04 bits per heavy atom. The van der Waals surface area contributed by atoms with Gasteiger partial charge in [0, 0.05) is 45.0 Å². The van der Waals surface area contributed by atoms with Gasteiger partial charge in [-0.1, -0.05) is 11.8 Å². The van der Waals surface area contributed by atoms with Crippen LogP contribution in [-0.4, -0.2) is 62.2 Å². The zero-order valence-electron chi connectivity index (χ0n) is 15.6. The fraction of sp³-hybridized carbons (Fsp3) is 0.333. The summed E-state index contributed by atoms with van der Waals surface area (Å²) in [7, 11) is 1.88. The fourth-order valence-corrected chi connectivity index (χ4v) is 3.46. The van der Waals surface area contributed by atoms with E-state index in [0.717, 1.165) is 43.3 Å². The van der Waals surface area contributed by atoms with Crippen LogP contribution >= 0.6 is 11.8 Å². The number of nitriles is 1. The van der Waals surface area contributed by atoms with Gasteiger partial charge in [0.1, 0.15) is 17.5 Å². The highest BCUT2D eigenvalue weighted by Gasteiger charge is 2.22. The molecule has 28 heavy (non-hydrogen) atoms. The van der Waals surface area contributed by atoms with Crippen LogP contribution in [0.5, 0.6) is 0 Å². The molecule has 4 heterocycles. The molecule has 10 heteroatoms. The molecule has 0 unspecified atom stereocenters. The predicted molar refractivity (Wildman–Crippen MR) is 107 cm³/mol. The first-order valence-electron chi connectivity index (χ1n) is 8.80. The third-order valence-electron chi connectivity index (χ3n) is 4.58. The van der Waals surface area contributed by atoms with E-state index in [4.69, 9.17) is 4.98 Å². The monoisotopic (exact) mass is 393 g/mol. The Labute approximate surface area is 167 Å². The quantitative estimate of drug-likeness (QED) is 0.483. The summed E-state index contributed by atoms with van der Waals surface area (Å²) >= 11 is 1.47. The van der Waals surface area contributed by atoms with Crippen LogP contribution in [0.3, 0.4) is 0 Å². The van der Waals surface area contributed by atoms with E-state index in [1.54, 1.807) is 29.5 Å². The molecule has 3 aromatic rings. The maximum absolute atomic E-state index is 9.38. The van der Waals surface area contributed by atoms with E-state index in [2.05, 4.69) is 35.9 Å². The normalized spacial score (nSPS) is 14.2. The molecule has 142 valence electrons. The van der Waals surface area contributed by atoms with E-state index < -0.39 is 0 Å². The van der Waals surface area contributed by atoms with Crippen LogP contribution in [0.25, 0.3) is 11.3 Å². The smallest absolute Gasteiger partial charge is 0.189 e. The van der Waals surface area contributed by atoms with Gasteiger partial charge in [-0.3, -0.25) is 9.67 Å². The molecular formula is C18H19N9S. The van der Waals surface area contributed by atoms with Gasteiger partial charge in [0.05, 0.1) is 30.5 Å². The average Bonchev–Trinajstić information content (AvgIpc) is 3.20. The second kappa shape index (κ2) is 7.82. The fourth-order valence-electron chi connectivity index (χ4n) is 3.12. The van der Waals surface area contributed by atoms with Crippen LogP contribution in [0.2, 0.25) is 0 Å². The minimum Gasteiger partial charge on any atom is -0.352 e. The molecule has 0 amide bonds. The first-order chi connectivity index (χ1) is 13.7. The molecule has 1 aliphatic heterocycles. The third kappa shape index (κ3) is 3.61. The molecule has 1 saturated heterocycles. The van der Waals surface area contributed by atoms with Gasteiger partial charge in [-0.2, -0.15) is 10.4 Å². The van der Waals surface area contributed by atoms with Crippen LogP contribution in [0, 0.1) is 11.3 Å². The number of hydrogen-bond acceptors (Lipinski definition) is 9. The van der Waals surface area contributed by atoms with E-state index in [0.29, 0.717) is 16.5 Å². The molecule has 0 aromatic carbocycles. The van der Waals surface area contributed by atoms with E-state index in [9.17, 15) is 5.26 Å². The summed E-state index contributed by atoms with van der Waals surface area (Å²) in [6, 6.07) is 2.19. The van der Waals surface area contributed by atoms with Crippen molar-refractivity contribution in [1.29, 1.82) is 5.26 Å². The second-order valence-electron chi connectivity index (χ2n) is 6.35. The number of nitrogens with zero attached hydrogens (tertiary/aromatic N) is 9. The van der Waals surface area contributed by atoms with Crippen molar-refractivity contribution in [1.82, 2.24) is 29.7 Å². The summed E-state index contributed by atoms with van der Waals surface area (Å²) < 4.78 is 1.75. The summed E-state index contributed by atoms with van der Waals surface area (Å²) in [5.74, 6) is 1.55. The summed E-state index contributed by atoms with van der Waals surface area (Å²) in [5, 5.41) is 14.3. The Bertz CT molecular complexity index is 1020. The first kappa shape index (κ1) is 18.2. The standard InChI is InChI=1S/C18H19N9S/c1-25-12-14(9-22-25)15-10-20-11-16(23-15)26-3-5-27(6-4-26)17-13(7-19)8-21-18(24-17)28-2/h8-12H,3-6H2,1-2H3. The molecule has 1 aliphatic rings. The topological polar surface area (TPSA) is 99.7 Å². The van der Waals surface area contributed by atoms with Crippen molar-refractivity contribution in [3.8, 4) is 17.3 Å². The number of aromatic nitrogens is 6. The minimum atomic E-state index is 0.504. The van der Waals surface area contributed by atoms with Gasteiger partial charge in [-0.05, 0) is 6.26 Å². The van der Waals surface area contributed by atoms with Crippen LogP contribution < -0.4 is 9.80 Å². The summed E-state index contributed by atoms with van der Waals surface area (Å²) in [4.78, 5) is 22.2. The molecule has 1 fully saturated rings. The molecule has 4 rings (SSSR count). The molecule has 9 nitrogen and oxygen atoms in total. The highest BCUT2D eigenvalue weighted by molar-refractivity contribution is 7.98. The average molecular weight is 393 g/mol. The van der Waals surface area contributed by atoms with Crippen molar-refractivity contribution in [2.24, 2.45) is 7.05 Å². The first-order valence-corrected chi connectivity index (χ1v) is 10.0. The van der Waals surface area contributed by atoms with Crippen molar-refractivity contribution in [2.45, 2.75) is 5.16 Å². The summed E-state index contributed by atoms with van der Waals surface area (Å²) in [5.41, 5.74) is 2.25. The van der Waals surface area contributed by atoms with Gasteiger partial charge >= 0.3 is 0 Å². The van der Waals surface area contributed by atoms with Crippen LogP contribution in [0.4, 0.5) is 11.6 Å². The number of thioether (sulfide) groups is 1. The maximum atomic E-state index is 9.38. The number of piperazine rings is 1. The van der Waals surface area contributed by atoms with Crippen molar-refractivity contribution in [2.75, 3.05) is 42.2 Å². The van der Waals surface area contributed by atoms with Gasteiger partial charge < -0.3 is 9.80 Å². The van der Waals surface area contributed by atoms with E-state index >= 15 is 0 Å². The predicted octanol–water partition coefficient (Wildman–Crippen LogP) is 1.59. The second-order valence-corrected chi connectivity index (χ2v) is 7.12. The van der Waals surface area contributed by atoms with Crippen molar-refractivity contribution in [3.05, 3.63) is 36.5 Å². The van der Waals surface area contributed by atoms with Gasteiger partial charge in [0.2, 0.25) is 0 Å². The number of aryl methyl sites for hydroxylation is 1. The Morgan fingerprint density at radius 2 is 1.82 bits per heavy atom. The van der Waals surface area contributed by atoms with Gasteiger partial charge in [0.15, 0.2) is 11.0 Å². The van der Waals surface area contributed by atoms with Crippen LogP contribution in [0.1, 0.15) is 5.56 Å². The van der Waals surface area contributed by atoms with Crippen molar-refractivity contribution >= 4 is 23.4 Å². The Hall–Kier alpha value is -3.19. The van der Waals surface area contributed by atoms with Gasteiger partial charge in [-0.15, -0.1) is 0 Å². The number of rotatable bonds is 4. The lowest BCUT2D eigenvalue weighted by atomic mass is 10.2. The van der Waals surface area contributed by atoms with E-state index in [-0.39, 0.29) is 0 Å². The highest BCUT2D eigenvalue weighted by Crippen LogP contribution is 2.24. The highest BCUT2D eigenvalue weighted by atomic mass is 32.2. The molecule has 0 bridgehead atoms. The van der Waals surface area contributed by atoms with Crippen LogP contribution in [-0.2, 0) is 7.05 Å². The van der Waals surface area contributed by atoms with E-state index in [1.165, 1.54) is 11.8 Å². The molecule has 0 atom stereocenters. The lowest BCUT2D eigenvalue weighted by Gasteiger charge is -2.36. The Kier molecular flexibility index (Phi) is 5.08. The van der Waals surface area contributed by atoms with Crippen molar-refractivity contribution in [3.63, 3.8) is 0 Å². The lowest BCUT2D eigenvalue weighted by molar-refractivity contribution is 0.636. The molecule has 0 spiro atoms. The van der Waals surface area contributed by atoms with E-state index in [1.807, 2.05) is 19.5 Å². The van der Waals surface area contributed by atoms with Crippen LogP contribution in [0.15, 0.2) is 36.1 Å². The largest absolute Gasteiger partial charge is 0.352 e. The Balaban J connectivity index is 1.50. The molecule has 0 N–H and O–H groups in total. The lowest BCUT2D eigenvalue weighted by Crippen LogP contribution is -2.47. The minimum absolute atomic E-state index is 0.504. The zero-order valence-corrected chi connectivity index (χ0v) is 16.5. The molecule has 0 saturated carbocycles. The number of hydrogen-bond donors (Lipinski definition) is 0. The third-order valence-corrected chi connectivity index (χ3v) is 5.14. The maximum Gasteiger partial charge on any atom is 0.189 e. The SMILES string of the molecule is CSc1ncc(C#N)c(N2CCN(c3cncc(-c4cnn(C)c4)n3)CC2)n1. The van der Waals surface area contributed by atoms with Gasteiger partial charge in [0.25, 0.3) is 0 Å². The Morgan fingerprint density at radius 3 is 2.50 bits per heavy atom. The molecular weight excluding hydrogens is 374 g/mol. The summed E-state index contributed by atoms with van der Waals surface area (Å²) in [6.45, 7) is 3.04. The summed E-state index contributed by atoms with van der Waals surface area (Å²) in [6.07, 6.45) is 10.8. The van der Waals surface area contributed by atoms with Crippen molar-refractivity contribution < 1.29 is 0 Å². The molecule has 0 aliphatic carbocycles. The molecule has 3 aromatic heterocycles. The molecule has 0 radical (unpaired) electrons. The zero-order chi connectivity index (χ0) is 19.5.